The van der Waals surface area contributed by atoms with Crippen LogP contribution in [0.2, 0.25) is 10.0 Å². The van der Waals surface area contributed by atoms with Gasteiger partial charge in [-0.2, -0.15) is 5.10 Å². The summed E-state index contributed by atoms with van der Waals surface area (Å²) in [5, 5.41) is 5.88. The Morgan fingerprint density at radius 3 is 1.91 bits per heavy atom. The molecule has 0 unspecified atom stereocenters. The van der Waals surface area contributed by atoms with Gasteiger partial charge in [0.05, 0.1) is 40.9 Å². The first-order valence-electron chi connectivity index (χ1n) is 18.2. The second-order valence-corrected chi connectivity index (χ2v) is 15.3. The third kappa shape index (κ3) is 6.67. The fourth-order valence-electron chi connectivity index (χ4n) is 7.98. The van der Waals surface area contributed by atoms with E-state index >= 15 is 0 Å². The number of piperazine rings is 1. The van der Waals surface area contributed by atoms with Crippen molar-refractivity contribution in [3.63, 3.8) is 0 Å². The molecular formula is C39H42Cl2N10O3. The molecule has 280 valence electrons. The zero-order valence-corrected chi connectivity index (χ0v) is 32.4. The van der Waals surface area contributed by atoms with Gasteiger partial charge in [0.15, 0.2) is 5.65 Å². The van der Waals surface area contributed by atoms with Gasteiger partial charge in [-0.3, -0.25) is 24.4 Å². The molecule has 3 aliphatic heterocycles. The summed E-state index contributed by atoms with van der Waals surface area (Å²) in [6.07, 6.45) is 3.48. The molecule has 0 radical (unpaired) electrons. The molecule has 2 aromatic carbocycles. The minimum Gasteiger partial charge on any atom is -0.480 e. The van der Waals surface area contributed by atoms with Crippen LogP contribution < -0.4 is 4.74 Å². The maximum Gasteiger partial charge on any atom is 0.237 e. The second-order valence-electron chi connectivity index (χ2n) is 14.5. The first-order chi connectivity index (χ1) is 26.1. The maximum atomic E-state index is 11.8. The molecule has 1 spiro atoms. The largest absolute Gasteiger partial charge is 0.480 e. The molecule has 6 heterocycles. The van der Waals surface area contributed by atoms with Crippen LogP contribution in [0.1, 0.15) is 32.2 Å². The Hall–Kier alpha value is -4.69. The van der Waals surface area contributed by atoms with Crippen LogP contribution in [-0.4, -0.2) is 121 Å². The van der Waals surface area contributed by atoms with Crippen molar-refractivity contribution in [3.05, 3.63) is 70.2 Å². The number of rotatable bonds is 9. The van der Waals surface area contributed by atoms with E-state index in [4.69, 9.17) is 53.0 Å². The molecule has 0 saturated carbocycles. The fraction of sp³-hybridized carbons (Fsp3) is 0.410. The zero-order chi connectivity index (χ0) is 37.7. The molecule has 5 aromatic rings. The van der Waals surface area contributed by atoms with Gasteiger partial charge in [0.1, 0.15) is 16.9 Å². The average Bonchev–Trinajstić information content (AvgIpc) is 3.49. The summed E-state index contributed by atoms with van der Waals surface area (Å²) in [5.74, 6) is 0.671. The van der Waals surface area contributed by atoms with Gasteiger partial charge in [0.25, 0.3) is 0 Å². The van der Waals surface area contributed by atoms with E-state index in [0.29, 0.717) is 71.2 Å². The summed E-state index contributed by atoms with van der Waals surface area (Å²) in [6.45, 7) is 13.6. The summed E-state index contributed by atoms with van der Waals surface area (Å²) < 4.78 is 7.58. The smallest absolute Gasteiger partial charge is 0.237 e. The summed E-state index contributed by atoms with van der Waals surface area (Å²) in [6, 6.07) is 11.6. The summed E-state index contributed by atoms with van der Waals surface area (Å²) in [5.41, 5.74) is 7.47. The van der Waals surface area contributed by atoms with Crippen LogP contribution >= 0.6 is 23.2 Å². The topological polar surface area (TPSA) is 126 Å². The van der Waals surface area contributed by atoms with Crippen molar-refractivity contribution >= 4 is 46.2 Å². The zero-order valence-electron chi connectivity index (χ0n) is 30.8. The second kappa shape index (κ2) is 14.5. The van der Waals surface area contributed by atoms with E-state index in [2.05, 4.69) is 9.80 Å². The van der Waals surface area contributed by atoms with Gasteiger partial charge >= 0.3 is 0 Å². The van der Waals surface area contributed by atoms with Crippen molar-refractivity contribution in [1.29, 1.82) is 0 Å². The van der Waals surface area contributed by atoms with Crippen molar-refractivity contribution in [2.45, 2.75) is 40.4 Å². The third-order valence-electron chi connectivity index (χ3n) is 10.8. The highest BCUT2D eigenvalue weighted by atomic mass is 35.5. The number of hydrogen-bond donors (Lipinski definition) is 0. The van der Waals surface area contributed by atoms with Gasteiger partial charge < -0.3 is 14.5 Å². The highest BCUT2D eigenvalue weighted by Gasteiger charge is 2.52. The number of hydrogen-bond acceptors (Lipinski definition) is 10. The number of likely N-dealkylation sites (tertiary alicyclic amines) is 2. The first-order valence-corrected chi connectivity index (χ1v) is 19.0. The van der Waals surface area contributed by atoms with Gasteiger partial charge in [-0.25, -0.2) is 19.6 Å². The lowest BCUT2D eigenvalue weighted by molar-refractivity contribution is -0.157. The molecule has 2 amide bonds. The van der Waals surface area contributed by atoms with Crippen LogP contribution in [0.5, 0.6) is 5.88 Å². The molecule has 0 atom stereocenters. The molecule has 0 aliphatic carbocycles. The number of aromatic nitrogens is 6. The minimum atomic E-state index is 0.0958. The molecule has 15 heteroatoms. The van der Waals surface area contributed by atoms with E-state index in [0.717, 1.165) is 72.9 Å². The lowest BCUT2D eigenvalue weighted by Crippen LogP contribution is -2.72. The van der Waals surface area contributed by atoms with E-state index in [9.17, 15) is 9.59 Å². The highest BCUT2D eigenvalue weighted by Crippen LogP contribution is 2.43. The van der Waals surface area contributed by atoms with Gasteiger partial charge in [-0.15, -0.1) is 0 Å². The van der Waals surface area contributed by atoms with Crippen molar-refractivity contribution < 1.29 is 14.3 Å². The van der Waals surface area contributed by atoms with Crippen molar-refractivity contribution in [1.82, 2.24) is 49.3 Å². The summed E-state index contributed by atoms with van der Waals surface area (Å²) in [7, 11) is 1.59. The molecule has 3 aromatic heterocycles. The summed E-state index contributed by atoms with van der Waals surface area (Å²) in [4.78, 5) is 51.3. The monoisotopic (exact) mass is 768 g/mol. The van der Waals surface area contributed by atoms with E-state index in [-0.39, 0.29) is 17.2 Å². The molecule has 54 heavy (non-hydrogen) atoms. The number of aryl methyl sites for hydroxylation is 1. The lowest BCUT2D eigenvalue weighted by atomic mass is 9.73. The van der Waals surface area contributed by atoms with Gasteiger partial charge in [-0.05, 0) is 6.92 Å². The third-order valence-corrected chi connectivity index (χ3v) is 11.7. The van der Waals surface area contributed by atoms with Crippen molar-refractivity contribution in [3.8, 4) is 39.5 Å². The number of benzene rings is 2. The van der Waals surface area contributed by atoms with Crippen molar-refractivity contribution in [2.24, 2.45) is 5.41 Å². The van der Waals surface area contributed by atoms with E-state index in [1.807, 2.05) is 57.8 Å². The Balaban J connectivity index is 1.03. The quantitative estimate of drug-likeness (QED) is 0.196. The Kier molecular flexibility index (Phi) is 9.76. The fourth-order valence-corrected chi connectivity index (χ4v) is 8.63. The van der Waals surface area contributed by atoms with Crippen LogP contribution in [0.4, 0.5) is 0 Å². The highest BCUT2D eigenvalue weighted by molar-refractivity contribution is 6.39. The molecule has 0 bridgehead atoms. The Bertz CT molecular complexity index is 2260. The predicted octanol–water partition coefficient (Wildman–Crippen LogP) is 5.28. The molecule has 3 aliphatic rings. The van der Waals surface area contributed by atoms with Crippen LogP contribution in [0.15, 0.2) is 48.8 Å². The number of carbonyl (C=O) groups excluding carboxylic acids is 2. The number of nitrogens with zero attached hydrogens (tertiary/aromatic N) is 10. The number of ether oxygens (including phenoxy) is 1. The van der Waals surface area contributed by atoms with Crippen LogP contribution in [0, 0.1) is 5.41 Å². The van der Waals surface area contributed by atoms with Gasteiger partial charge in [-0.1, -0.05) is 59.6 Å². The lowest BCUT2D eigenvalue weighted by Gasteiger charge is -2.60. The van der Waals surface area contributed by atoms with Crippen molar-refractivity contribution in [2.75, 3.05) is 59.5 Å². The van der Waals surface area contributed by atoms with E-state index < -0.39 is 0 Å². The van der Waals surface area contributed by atoms with Crippen LogP contribution in [0.3, 0.4) is 0 Å². The Labute approximate surface area is 323 Å². The molecular weight excluding hydrogens is 727 g/mol. The molecule has 3 saturated heterocycles. The number of carbonyl (C=O) groups is 2. The SMILES string of the molecule is CCn1nc(CN2CC3(C2)CN(C(C)=O)C3)c2ncc(-c3cccc(-c4cccc(-c5cnc(CN6CCN(C(C)=O)CC6)c(OC)n5)c4Cl)c3Cl)nc21. The number of amides is 2. The normalized spacial score (nSPS) is 17.1. The average molecular weight is 770 g/mol. The standard InChI is InChI=1S/C39H42Cl2N10O3/c1-5-51-37-36(32(46-51)18-48-20-39(21-48)22-50(23-39)25(3)53)43-17-30(44-37)28-10-6-8-26(34(28)40)27-9-7-11-29(35(27)41)31-16-42-33(38(45-31)54-4)19-47-12-14-49(15-13-47)24(2)52/h6-11,16-17H,5,12-15,18-23H2,1-4H3. The summed E-state index contributed by atoms with van der Waals surface area (Å²) >= 11 is 14.3. The Morgan fingerprint density at radius 1 is 0.741 bits per heavy atom. The maximum absolute atomic E-state index is 11.8. The number of fused-ring (bicyclic) bond motifs is 1. The minimum absolute atomic E-state index is 0.0958. The van der Waals surface area contributed by atoms with Gasteiger partial charge in [0, 0.05) is 114 Å². The molecule has 8 rings (SSSR count). The molecule has 13 nitrogen and oxygen atoms in total. The Morgan fingerprint density at radius 2 is 1.31 bits per heavy atom. The first kappa shape index (κ1) is 36.3. The number of halogens is 2. The van der Waals surface area contributed by atoms with E-state index in [1.165, 1.54) is 0 Å². The van der Waals surface area contributed by atoms with Crippen LogP contribution in [-0.2, 0) is 29.2 Å². The predicted molar refractivity (Wildman–Crippen MR) is 207 cm³/mol. The van der Waals surface area contributed by atoms with Gasteiger partial charge in [0.2, 0.25) is 17.7 Å². The molecule has 0 N–H and O–H groups in total. The molecule has 3 fully saturated rings. The van der Waals surface area contributed by atoms with E-state index in [1.54, 1.807) is 33.4 Å². The van der Waals surface area contributed by atoms with Crippen LogP contribution in [0.25, 0.3) is 44.8 Å². The number of methoxy groups -OCH3 is 1.